The summed E-state index contributed by atoms with van der Waals surface area (Å²) in [6.07, 6.45) is 6.84. The number of carboxylic acid groups (broad SMARTS) is 1. The number of hydrogen-bond donors (Lipinski definition) is 1. The SMILES string of the molecule is O=C(O)CC[n+]1ccc(-c2cnn3cnnc3n2)cc1. The van der Waals surface area contributed by atoms with Crippen LogP contribution in [-0.4, -0.2) is 35.9 Å². The maximum atomic E-state index is 10.5. The van der Waals surface area contributed by atoms with Crippen molar-refractivity contribution in [2.24, 2.45) is 0 Å². The van der Waals surface area contributed by atoms with E-state index < -0.39 is 5.97 Å². The van der Waals surface area contributed by atoms with Crippen LogP contribution in [0.5, 0.6) is 0 Å². The van der Waals surface area contributed by atoms with E-state index in [0.717, 1.165) is 5.56 Å². The summed E-state index contributed by atoms with van der Waals surface area (Å²) in [4.78, 5) is 14.8. The molecular formula is C12H11N6O2+. The minimum Gasteiger partial charge on any atom is -0.481 e. The highest BCUT2D eigenvalue weighted by molar-refractivity contribution is 5.66. The Bertz CT molecular complexity index is 752. The van der Waals surface area contributed by atoms with E-state index in [0.29, 0.717) is 18.0 Å². The van der Waals surface area contributed by atoms with Crippen LogP contribution in [-0.2, 0) is 11.3 Å². The summed E-state index contributed by atoms with van der Waals surface area (Å²) in [6.45, 7) is 0.435. The van der Waals surface area contributed by atoms with Gasteiger partial charge in [-0.2, -0.15) is 9.61 Å². The van der Waals surface area contributed by atoms with Crippen molar-refractivity contribution in [3.8, 4) is 11.3 Å². The Hall–Kier alpha value is -2.90. The van der Waals surface area contributed by atoms with Crippen LogP contribution in [0.1, 0.15) is 6.42 Å². The average Bonchev–Trinajstić information content (AvgIpc) is 2.93. The average molecular weight is 271 g/mol. The molecule has 0 aromatic carbocycles. The monoisotopic (exact) mass is 271 g/mol. The lowest BCUT2D eigenvalue weighted by atomic mass is 10.2. The molecule has 0 saturated carbocycles. The van der Waals surface area contributed by atoms with Crippen molar-refractivity contribution in [3.63, 3.8) is 0 Å². The van der Waals surface area contributed by atoms with Crippen LogP contribution in [0.15, 0.2) is 37.1 Å². The fourth-order valence-electron chi connectivity index (χ4n) is 1.77. The number of fused-ring (bicyclic) bond motifs is 1. The Labute approximate surface area is 113 Å². The van der Waals surface area contributed by atoms with Crippen molar-refractivity contribution in [2.45, 2.75) is 13.0 Å². The topological polar surface area (TPSA) is 97.2 Å². The molecule has 3 heterocycles. The third-order valence-corrected chi connectivity index (χ3v) is 2.81. The molecule has 3 aromatic rings. The molecule has 0 bridgehead atoms. The maximum absolute atomic E-state index is 10.5. The van der Waals surface area contributed by atoms with Gasteiger partial charge in [-0.25, -0.2) is 9.55 Å². The van der Waals surface area contributed by atoms with Crippen molar-refractivity contribution in [1.82, 2.24) is 24.8 Å². The molecule has 100 valence electrons. The van der Waals surface area contributed by atoms with Gasteiger partial charge in [0.2, 0.25) is 0 Å². The fourth-order valence-corrected chi connectivity index (χ4v) is 1.77. The van der Waals surface area contributed by atoms with Crippen LogP contribution in [0.3, 0.4) is 0 Å². The zero-order valence-corrected chi connectivity index (χ0v) is 10.4. The Kier molecular flexibility index (Phi) is 3.04. The van der Waals surface area contributed by atoms with E-state index in [1.165, 1.54) is 10.8 Å². The highest BCUT2D eigenvalue weighted by Gasteiger charge is 2.08. The van der Waals surface area contributed by atoms with Crippen LogP contribution in [0.4, 0.5) is 0 Å². The third-order valence-electron chi connectivity index (χ3n) is 2.81. The van der Waals surface area contributed by atoms with Gasteiger partial charge in [0.1, 0.15) is 12.7 Å². The first kappa shape index (κ1) is 12.2. The fraction of sp³-hybridized carbons (Fsp3) is 0.167. The van der Waals surface area contributed by atoms with Gasteiger partial charge < -0.3 is 5.11 Å². The normalized spacial score (nSPS) is 10.8. The van der Waals surface area contributed by atoms with Crippen molar-refractivity contribution in [1.29, 1.82) is 0 Å². The first-order chi connectivity index (χ1) is 9.72. The number of hydrogen-bond acceptors (Lipinski definition) is 5. The molecule has 1 N–H and O–H groups in total. The number of carbonyl (C=O) groups is 1. The molecule has 0 unspecified atom stereocenters. The molecule has 20 heavy (non-hydrogen) atoms. The molecule has 0 atom stereocenters. The van der Waals surface area contributed by atoms with Crippen LogP contribution < -0.4 is 4.57 Å². The standard InChI is InChI=1S/C12H10N6O2/c19-11(20)3-6-17-4-1-9(2-5-17)10-7-14-18-8-13-16-12(18)15-10/h1-2,4-5,7-8H,3,6H2/p+1. The van der Waals surface area contributed by atoms with Gasteiger partial charge in [0.05, 0.1) is 11.9 Å². The smallest absolute Gasteiger partial charge is 0.309 e. The van der Waals surface area contributed by atoms with Gasteiger partial charge in [0, 0.05) is 17.7 Å². The largest absolute Gasteiger partial charge is 0.481 e. The van der Waals surface area contributed by atoms with E-state index >= 15 is 0 Å². The molecule has 0 saturated heterocycles. The van der Waals surface area contributed by atoms with E-state index in [1.54, 1.807) is 10.8 Å². The summed E-state index contributed by atoms with van der Waals surface area (Å²) in [6, 6.07) is 3.72. The molecule has 0 radical (unpaired) electrons. The Morgan fingerprint density at radius 2 is 2.15 bits per heavy atom. The Balaban J connectivity index is 1.84. The predicted molar refractivity (Wildman–Crippen MR) is 66.5 cm³/mol. The van der Waals surface area contributed by atoms with E-state index in [4.69, 9.17) is 5.11 Å². The second-order valence-electron chi connectivity index (χ2n) is 4.19. The Morgan fingerprint density at radius 3 is 2.90 bits per heavy atom. The van der Waals surface area contributed by atoms with Crippen LogP contribution in [0.2, 0.25) is 0 Å². The van der Waals surface area contributed by atoms with Crippen molar-refractivity contribution >= 4 is 11.7 Å². The lowest BCUT2D eigenvalue weighted by Crippen LogP contribution is -2.33. The molecule has 8 heteroatoms. The molecule has 0 fully saturated rings. The summed E-state index contributed by atoms with van der Waals surface area (Å²) < 4.78 is 3.29. The zero-order chi connectivity index (χ0) is 13.9. The maximum Gasteiger partial charge on any atom is 0.309 e. The first-order valence-electron chi connectivity index (χ1n) is 5.97. The minimum absolute atomic E-state index is 0.0928. The second-order valence-corrected chi connectivity index (χ2v) is 4.19. The molecule has 0 aliphatic heterocycles. The summed E-state index contributed by atoms with van der Waals surface area (Å²) in [5.74, 6) is -0.380. The van der Waals surface area contributed by atoms with Gasteiger partial charge in [-0.1, -0.05) is 0 Å². The van der Waals surface area contributed by atoms with Crippen molar-refractivity contribution in [2.75, 3.05) is 0 Å². The van der Waals surface area contributed by atoms with Gasteiger partial charge in [-0.05, 0) is 0 Å². The molecule has 0 spiro atoms. The van der Waals surface area contributed by atoms with Crippen molar-refractivity contribution in [3.05, 3.63) is 37.1 Å². The molecule has 0 aliphatic carbocycles. The number of nitrogens with zero attached hydrogens (tertiary/aromatic N) is 6. The summed E-state index contributed by atoms with van der Waals surface area (Å²) in [7, 11) is 0. The van der Waals surface area contributed by atoms with E-state index in [-0.39, 0.29) is 6.42 Å². The van der Waals surface area contributed by atoms with E-state index in [1.807, 2.05) is 24.5 Å². The van der Waals surface area contributed by atoms with Crippen molar-refractivity contribution < 1.29 is 14.5 Å². The number of rotatable bonds is 4. The highest BCUT2D eigenvalue weighted by atomic mass is 16.4. The summed E-state index contributed by atoms with van der Waals surface area (Å²) >= 11 is 0. The third kappa shape index (κ3) is 2.44. The summed E-state index contributed by atoms with van der Waals surface area (Å²) in [5, 5.41) is 20.3. The molecular weight excluding hydrogens is 260 g/mol. The number of aliphatic carboxylic acids is 1. The minimum atomic E-state index is -0.815. The van der Waals surface area contributed by atoms with Gasteiger partial charge in [0.15, 0.2) is 18.9 Å². The highest BCUT2D eigenvalue weighted by Crippen LogP contribution is 2.13. The Morgan fingerprint density at radius 1 is 1.35 bits per heavy atom. The van der Waals surface area contributed by atoms with E-state index in [2.05, 4.69) is 20.3 Å². The van der Waals surface area contributed by atoms with Crippen LogP contribution in [0.25, 0.3) is 17.0 Å². The number of pyridine rings is 1. The van der Waals surface area contributed by atoms with Gasteiger partial charge in [-0.3, -0.25) is 4.79 Å². The predicted octanol–water partition coefficient (Wildman–Crippen LogP) is -0.0515. The molecule has 3 rings (SSSR count). The summed E-state index contributed by atoms with van der Waals surface area (Å²) in [5.41, 5.74) is 1.57. The van der Waals surface area contributed by atoms with Crippen LogP contribution >= 0.6 is 0 Å². The number of carboxylic acids is 1. The zero-order valence-electron chi connectivity index (χ0n) is 10.4. The number of aromatic nitrogens is 6. The number of aryl methyl sites for hydroxylation is 1. The van der Waals surface area contributed by atoms with Gasteiger partial charge >= 0.3 is 5.97 Å². The van der Waals surface area contributed by atoms with Gasteiger partial charge in [0.25, 0.3) is 5.78 Å². The quantitative estimate of drug-likeness (QED) is 0.668. The van der Waals surface area contributed by atoms with Gasteiger partial charge in [-0.15, -0.1) is 10.2 Å². The second kappa shape index (κ2) is 5.00. The lowest BCUT2D eigenvalue weighted by molar-refractivity contribution is -0.695. The lowest BCUT2D eigenvalue weighted by Gasteiger charge is -2.00. The molecule has 0 aliphatic rings. The molecule has 3 aromatic heterocycles. The first-order valence-corrected chi connectivity index (χ1v) is 5.97. The van der Waals surface area contributed by atoms with E-state index in [9.17, 15) is 4.79 Å². The molecule has 0 amide bonds. The molecule has 8 nitrogen and oxygen atoms in total. The van der Waals surface area contributed by atoms with Crippen LogP contribution in [0, 0.1) is 0 Å².